The number of nitrogens with zero attached hydrogens (tertiary/aromatic N) is 2. The van der Waals surface area contributed by atoms with Crippen LogP contribution < -0.4 is 0 Å². The first-order valence-corrected chi connectivity index (χ1v) is 10.8. The predicted octanol–water partition coefficient (Wildman–Crippen LogP) is 0.315. The van der Waals surface area contributed by atoms with E-state index in [0.717, 1.165) is 18.5 Å². The Kier molecular flexibility index (Phi) is 5.42. The zero-order chi connectivity index (χ0) is 21.9. The Morgan fingerprint density at radius 1 is 1.16 bits per heavy atom. The van der Waals surface area contributed by atoms with Crippen LogP contribution >= 0.6 is 0 Å². The molecule has 7 atom stereocenters. The number of rotatable bonds is 4. The van der Waals surface area contributed by atoms with Crippen molar-refractivity contribution in [2.24, 2.45) is 0 Å². The second-order valence-corrected chi connectivity index (χ2v) is 9.08. The molecule has 0 spiro atoms. The highest BCUT2D eigenvalue weighted by atomic mass is 16.7. The summed E-state index contributed by atoms with van der Waals surface area (Å²) in [6, 6.07) is 6.74. The van der Waals surface area contributed by atoms with Crippen molar-refractivity contribution in [2.75, 3.05) is 20.2 Å². The number of aromatic nitrogens is 1. The summed E-state index contributed by atoms with van der Waals surface area (Å²) in [5.74, 6) is 0.358. The van der Waals surface area contributed by atoms with E-state index in [0.29, 0.717) is 12.0 Å². The van der Waals surface area contributed by atoms with Crippen LogP contribution in [0.25, 0.3) is 10.9 Å². The van der Waals surface area contributed by atoms with Crippen LogP contribution in [-0.4, -0.2) is 86.8 Å². The third-order valence-corrected chi connectivity index (χ3v) is 6.97. The number of aliphatic hydroxyl groups is 4. The van der Waals surface area contributed by atoms with Crippen LogP contribution in [0.15, 0.2) is 36.0 Å². The fourth-order valence-corrected chi connectivity index (χ4v) is 5.43. The molecule has 8 nitrogen and oxygen atoms in total. The van der Waals surface area contributed by atoms with Crippen LogP contribution in [0.3, 0.4) is 0 Å². The maximum atomic E-state index is 10.2. The molecule has 1 fully saturated rings. The summed E-state index contributed by atoms with van der Waals surface area (Å²) < 4.78 is 13.3. The predicted molar refractivity (Wildman–Crippen MR) is 113 cm³/mol. The maximum absolute atomic E-state index is 10.2. The summed E-state index contributed by atoms with van der Waals surface area (Å²) in [6.07, 6.45) is -0.951. The Morgan fingerprint density at radius 3 is 2.74 bits per heavy atom. The van der Waals surface area contributed by atoms with Gasteiger partial charge in [0, 0.05) is 30.1 Å². The molecule has 3 heterocycles. The third kappa shape index (κ3) is 3.43. The smallest absolute Gasteiger partial charge is 0.188 e. The van der Waals surface area contributed by atoms with Gasteiger partial charge in [-0.15, -0.1) is 0 Å². The highest BCUT2D eigenvalue weighted by molar-refractivity contribution is 5.89. The van der Waals surface area contributed by atoms with E-state index in [1.165, 1.54) is 22.1 Å². The van der Waals surface area contributed by atoms with Crippen LogP contribution in [0.5, 0.6) is 0 Å². The van der Waals surface area contributed by atoms with Crippen LogP contribution in [0, 0.1) is 0 Å². The zero-order valence-corrected chi connectivity index (χ0v) is 17.8. The lowest BCUT2D eigenvalue weighted by Gasteiger charge is -2.40. The maximum Gasteiger partial charge on any atom is 0.188 e. The summed E-state index contributed by atoms with van der Waals surface area (Å²) in [4.78, 5) is 2.42. The monoisotopic (exact) mass is 430 g/mol. The molecule has 5 rings (SSSR count). The highest BCUT2D eigenvalue weighted by Gasteiger charge is 2.44. The van der Waals surface area contributed by atoms with Crippen molar-refractivity contribution >= 4 is 10.9 Å². The Bertz CT molecular complexity index is 1000. The number of aliphatic hydroxyl groups excluding tert-OH is 4. The SMILES string of the molecule is CC1=C[C@@H]2c3cccc4c3c(cn4CO[C@@H]3O[C@H](CO)[C@H](O)[C@H](O)[C@H]3O)C[C@H]2N(C)C1. The van der Waals surface area contributed by atoms with Gasteiger partial charge in [0.05, 0.1) is 12.1 Å². The van der Waals surface area contributed by atoms with Crippen molar-refractivity contribution in [3.8, 4) is 0 Å². The molecular weight excluding hydrogens is 400 g/mol. The van der Waals surface area contributed by atoms with Gasteiger partial charge < -0.3 is 34.5 Å². The van der Waals surface area contributed by atoms with E-state index in [1.807, 2.05) is 4.57 Å². The fraction of sp³-hybridized carbons (Fsp3) is 0.565. The first-order chi connectivity index (χ1) is 14.9. The molecule has 168 valence electrons. The summed E-state index contributed by atoms with van der Waals surface area (Å²) in [7, 11) is 2.18. The van der Waals surface area contributed by atoms with Gasteiger partial charge in [-0.25, -0.2) is 0 Å². The first kappa shape index (κ1) is 21.1. The second-order valence-electron chi connectivity index (χ2n) is 9.08. The summed E-state index contributed by atoms with van der Waals surface area (Å²) in [5.41, 5.74) is 5.02. The molecule has 4 N–H and O–H groups in total. The number of likely N-dealkylation sites (N-methyl/N-ethyl adjacent to an activating group) is 1. The molecule has 0 bridgehead atoms. The van der Waals surface area contributed by atoms with Gasteiger partial charge in [0.25, 0.3) is 0 Å². The Balaban J connectivity index is 1.42. The number of benzene rings is 1. The normalized spacial score (nSPS) is 35.8. The molecule has 1 aromatic carbocycles. The van der Waals surface area contributed by atoms with Gasteiger partial charge >= 0.3 is 0 Å². The molecule has 0 radical (unpaired) electrons. The minimum atomic E-state index is -1.45. The van der Waals surface area contributed by atoms with Crippen molar-refractivity contribution in [1.82, 2.24) is 9.47 Å². The number of hydrogen-bond donors (Lipinski definition) is 4. The van der Waals surface area contributed by atoms with Gasteiger partial charge in [0.2, 0.25) is 0 Å². The number of hydrogen-bond acceptors (Lipinski definition) is 7. The molecule has 0 saturated carbocycles. The lowest BCUT2D eigenvalue weighted by atomic mass is 9.77. The third-order valence-electron chi connectivity index (χ3n) is 6.97. The van der Waals surface area contributed by atoms with Gasteiger partial charge in [-0.3, -0.25) is 4.90 Å². The van der Waals surface area contributed by atoms with Gasteiger partial charge in [0.15, 0.2) is 6.29 Å². The van der Waals surface area contributed by atoms with Crippen molar-refractivity contribution in [1.29, 1.82) is 0 Å². The van der Waals surface area contributed by atoms with Crippen LogP contribution in [0.4, 0.5) is 0 Å². The van der Waals surface area contributed by atoms with Crippen LogP contribution in [-0.2, 0) is 22.6 Å². The van der Waals surface area contributed by atoms with Gasteiger partial charge in [0.1, 0.15) is 31.1 Å². The highest BCUT2D eigenvalue weighted by Crippen LogP contribution is 2.42. The Morgan fingerprint density at radius 2 is 1.97 bits per heavy atom. The van der Waals surface area contributed by atoms with Crippen molar-refractivity contribution < 1.29 is 29.9 Å². The number of ether oxygens (including phenoxy) is 2. The lowest BCUT2D eigenvalue weighted by Crippen LogP contribution is -2.59. The molecule has 1 aromatic heterocycles. The molecule has 31 heavy (non-hydrogen) atoms. The van der Waals surface area contributed by atoms with Crippen molar-refractivity contribution in [3.05, 3.63) is 47.2 Å². The van der Waals surface area contributed by atoms with E-state index in [4.69, 9.17) is 9.47 Å². The summed E-state index contributed by atoms with van der Waals surface area (Å²) in [6.45, 7) is 2.80. The average Bonchev–Trinajstić information content (AvgIpc) is 3.11. The molecule has 1 saturated heterocycles. The number of fused-ring (bicyclic) bond motifs is 2. The molecular formula is C23H30N2O6. The van der Waals surface area contributed by atoms with E-state index in [-0.39, 0.29) is 6.73 Å². The molecule has 0 unspecified atom stereocenters. The molecule has 0 amide bonds. The van der Waals surface area contributed by atoms with E-state index < -0.39 is 37.3 Å². The average molecular weight is 431 g/mol. The Hall–Kier alpha value is -1.78. The van der Waals surface area contributed by atoms with Gasteiger partial charge in [-0.1, -0.05) is 23.8 Å². The summed E-state index contributed by atoms with van der Waals surface area (Å²) in [5, 5.41) is 40.8. The van der Waals surface area contributed by atoms with E-state index >= 15 is 0 Å². The van der Waals surface area contributed by atoms with Gasteiger partial charge in [-0.2, -0.15) is 0 Å². The van der Waals surface area contributed by atoms with E-state index in [2.05, 4.69) is 49.3 Å². The van der Waals surface area contributed by atoms with Crippen LogP contribution in [0.1, 0.15) is 24.0 Å². The second kappa shape index (κ2) is 7.97. The summed E-state index contributed by atoms with van der Waals surface area (Å²) >= 11 is 0. The first-order valence-electron chi connectivity index (χ1n) is 10.8. The fourth-order valence-electron chi connectivity index (χ4n) is 5.43. The topological polar surface area (TPSA) is 108 Å². The quantitative estimate of drug-likeness (QED) is 0.518. The lowest BCUT2D eigenvalue weighted by molar-refractivity contribution is -0.308. The zero-order valence-electron chi connectivity index (χ0n) is 17.8. The van der Waals surface area contributed by atoms with E-state index in [1.54, 1.807) is 0 Å². The molecule has 8 heteroatoms. The van der Waals surface area contributed by atoms with Crippen LogP contribution in [0.2, 0.25) is 0 Å². The van der Waals surface area contributed by atoms with Crippen molar-refractivity contribution in [2.45, 2.75) is 62.7 Å². The van der Waals surface area contributed by atoms with E-state index in [9.17, 15) is 20.4 Å². The largest absolute Gasteiger partial charge is 0.394 e. The van der Waals surface area contributed by atoms with Crippen molar-refractivity contribution in [3.63, 3.8) is 0 Å². The molecule has 3 aliphatic rings. The minimum absolute atomic E-state index is 0.114. The van der Waals surface area contributed by atoms with Gasteiger partial charge in [-0.05, 0) is 37.6 Å². The molecule has 1 aliphatic carbocycles. The standard InChI is InChI=1S/C23H30N2O6/c1-12-6-15-14-4-3-5-16-19(14)13(7-17(15)24(2)8-12)9-25(16)11-30-23-22(29)21(28)20(27)18(10-26)31-23/h3-6,9,15,17-18,20-23,26-29H,7-8,10-11H2,1-2H3/t15-,17-,18-,20+,21+,22-,23-/m1/s1. The molecule has 2 aliphatic heterocycles. The molecule has 2 aromatic rings. The Labute approximate surface area is 180 Å². The minimum Gasteiger partial charge on any atom is -0.394 e.